The minimum atomic E-state index is -0.409. The van der Waals surface area contributed by atoms with Gasteiger partial charge in [-0.05, 0) is 12.1 Å². The highest BCUT2D eigenvalue weighted by atomic mass is 16.6. The second-order valence-corrected chi connectivity index (χ2v) is 4.26. The summed E-state index contributed by atoms with van der Waals surface area (Å²) in [6, 6.07) is 3.19. The number of hydrogen-bond acceptors (Lipinski definition) is 5. The molecule has 0 radical (unpaired) electrons. The van der Waals surface area contributed by atoms with E-state index in [2.05, 4.69) is 4.98 Å². The van der Waals surface area contributed by atoms with Gasteiger partial charge in [-0.2, -0.15) is 0 Å². The minimum absolute atomic E-state index is 0.156. The van der Waals surface area contributed by atoms with Gasteiger partial charge in [0, 0.05) is 19.3 Å². The Hall–Kier alpha value is -2.44. The Kier molecular flexibility index (Phi) is 2.66. The molecule has 7 heteroatoms. The van der Waals surface area contributed by atoms with Crippen molar-refractivity contribution in [2.75, 3.05) is 26.2 Å². The zero-order valence-electron chi connectivity index (χ0n) is 10.0. The summed E-state index contributed by atoms with van der Waals surface area (Å²) in [5.74, 6) is -0.770. The molecule has 19 heavy (non-hydrogen) atoms. The lowest BCUT2D eigenvalue weighted by Crippen LogP contribution is -2.38. The summed E-state index contributed by atoms with van der Waals surface area (Å²) in [5.41, 5.74) is 0.494. The van der Waals surface area contributed by atoms with Crippen LogP contribution in [0.3, 0.4) is 0 Å². The molecule has 98 valence electrons. The summed E-state index contributed by atoms with van der Waals surface area (Å²) < 4.78 is 4.78. The standard InChI is InChI=1S/C12H11N3O4/c16-10-8-2-1-3-13-9(8)11(17)15(10)5-4-14-6-7-19-12(14)18/h1-3H,4-7H2. The molecule has 0 spiro atoms. The first-order valence-electron chi connectivity index (χ1n) is 5.91. The number of fused-ring (bicyclic) bond motifs is 1. The van der Waals surface area contributed by atoms with Gasteiger partial charge in [-0.15, -0.1) is 0 Å². The van der Waals surface area contributed by atoms with E-state index < -0.39 is 12.0 Å². The first-order chi connectivity index (χ1) is 9.18. The Morgan fingerprint density at radius 3 is 2.74 bits per heavy atom. The Morgan fingerprint density at radius 1 is 1.21 bits per heavy atom. The molecular formula is C12H11N3O4. The van der Waals surface area contributed by atoms with Crippen LogP contribution in [-0.2, 0) is 4.74 Å². The number of pyridine rings is 1. The van der Waals surface area contributed by atoms with Crippen molar-refractivity contribution in [3.05, 3.63) is 29.6 Å². The van der Waals surface area contributed by atoms with Crippen molar-refractivity contribution in [3.63, 3.8) is 0 Å². The molecule has 2 aliphatic heterocycles. The number of carbonyl (C=O) groups excluding carboxylic acids is 3. The van der Waals surface area contributed by atoms with Crippen LogP contribution in [0.4, 0.5) is 4.79 Å². The first-order valence-corrected chi connectivity index (χ1v) is 5.91. The summed E-state index contributed by atoms with van der Waals surface area (Å²) in [6.07, 6.45) is 1.07. The van der Waals surface area contributed by atoms with Crippen molar-refractivity contribution in [1.82, 2.24) is 14.8 Å². The molecule has 0 N–H and O–H groups in total. The molecule has 0 bridgehead atoms. The van der Waals surface area contributed by atoms with Crippen molar-refractivity contribution in [3.8, 4) is 0 Å². The van der Waals surface area contributed by atoms with Crippen LogP contribution >= 0.6 is 0 Å². The van der Waals surface area contributed by atoms with E-state index in [1.165, 1.54) is 11.1 Å². The molecule has 0 saturated carbocycles. The summed E-state index contributed by atoms with van der Waals surface area (Å²) in [7, 11) is 0. The molecule has 1 saturated heterocycles. The maximum absolute atomic E-state index is 12.0. The number of ether oxygens (including phenoxy) is 1. The van der Waals surface area contributed by atoms with E-state index in [9.17, 15) is 14.4 Å². The number of amides is 3. The van der Waals surface area contributed by atoms with Crippen LogP contribution in [0.5, 0.6) is 0 Å². The Bertz CT molecular complexity index is 537. The average Bonchev–Trinajstić information content (AvgIpc) is 2.93. The van der Waals surface area contributed by atoms with Crippen LogP contribution in [0.25, 0.3) is 0 Å². The van der Waals surface area contributed by atoms with Crippen molar-refractivity contribution < 1.29 is 19.1 Å². The summed E-state index contributed by atoms with van der Waals surface area (Å²) >= 11 is 0. The highest BCUT2D eigenvalue weighted by Crippen LogP contribution is 2.20. The largest absolute Gasteiger partial charge is 0.448 e. The van der Waals surface area contributed by atoms with Crippen molar-refractivity contribution >= 4 is 17.9 Å². The zero-order valence-corrected chi connectivity index (χ0v) is 10.0. The number of rotatable bonds is 3. The topological polar surface area (TPSA) is 79.8 Å². The third kappa shape index (κ3) is 1.83. The predicted octanol–water partition coefficient (Wildman–Crippen LogP) is 0.130. The highest BCUT2D eigenvalue weighted by molar-refractivity contribution is 6.20. The van der Waals surface area contributed by atoms with Crippen LogP contribution < -0.4 is 0 Å². The Labute approximate surface area is 108 Å². The number of carbonyl (C=O) groups is 3. The fourth-order valence-electron chi connectivity index (χ4n) is 2.17. The van der Waals surface area contributed by atoms with Gasteiger partial charge >= 0.3 is 6.09 Å². The smallest absolute Gasteiger partial charge is 0.410 e. The molecule has 7 nitrogen and oxygen atoms in total. The fraction of sp³-hybridized carbons (Fsp3) is 0.333. The lowest BCUT2D eigenvalue weighted by atomic mass is 10.2. The summed E-state index contributed by atoms with van der Waals surface area (Å²) in [5, 5.41) is 0. The van der Waals surface area contributed by atoms with Crippen LogP contribution in [0.15, 0.2) is 18.3 Å². The summed E-state index contributed by atoms with van der Waals surface area (Å²) in [4.78, 5) is 41.8. The third-order valence-corrected chi connectivity index (χ3v) is 3.17. The zero-order chi connectivity index (χ0) is 13.4. The van der Waals surface area contributed by atoms with E-state index in [0.717, 1.165) is 4.90 Å². The molecule has 2 aliphatic rings. The lowest BCUT2D eigenvalue weighted by molar-refractivity contribution is 0.0639. The van der Waals surface area contributed by atoms with Gasteiger partial charge in [0.2, 0.25) is 0 Å². The number of imide groups is 1. The molecule has 0 atom stereocenters. The van der Waals surface area contributed by atoms with Gasteiger partial charge in [0.25, 0.3) is 11.8 Å². The SMILES string of the molecule is O=C1OCCN1CCN1C(=O)c2cccnc2C1=O. The second kappa shape index (κ2) is 4.34. The maximum Gasteiger partial charge on any atom is 0.410 e. The number of aromatic nitrogens is 1. The van der Waals surface area contributed by atoms with Crippen LogP contribution in [0.2, 0.25) is 0 Å². The van der Waals surface area contributed by atoms with E-state index in [4.69, 9.17) is 4.74 Å². The quantitative estimate of drug-likeness (QED) is 0.722. The molecular weight excluding hydrogens is 250 g/mol. The van der Waals surface area contributed by atoms with Gasteiger partial charge in [0.15, 0.2) is 0 Å². The molecule has 3 heterocycles. The summed E-state index contributed by atoms with van der Waals surface area (Å²) in [6.45, 7) is 1.27. The fourth-order valence-corrected chi connectivity index (χ4v) is 2.17. The number of nitrogens with zero attached hydrogens (tertiary/aromatic N) is 3. The van der Waals surface area contributed by atoms with Gasteiger partial charge in [-0.3, -0.25) is 19.5 Å². The van der Waals surface area contributed by atoms with E-state index >= 15 is 0 Å². The van der Waals surface area contributed by atoms with Crippen molar-refractivity contribution in [2.24, 2.45) is 0 Å². The van der Waals surface area contributed by atoms with E-state index in [0.29, 0.717) is 18.7 Å². The molecule has 1 fully saturated rings. The van der Waals surface area contributed by atoms with Gasteiger partial charge in [-0.1, -0.05) is 0 Å². The molecule has 0 unspecified atom stereocenters. The lowest BCUT2D eigenvalue weighted by Gasteiger charge is -2.17. The van der Waals surface area contributed by atoms with Gasteiger partial charge in [0.1, 0.15) is 12.3 Å². The van der Waals surface area contributed by atoms with Crippen LogP contribution in [0, 0.1) is 0 Å². The van der Waals surface area contributed by atoms with E-state index in [-0.39, 0.29) is 24.7 Å². The second-order valence-electron chi connectivity index (χ2n) is 4.26. The maximum atomic E-state index is 12.0. The van der Waals surface area contributed by atoms with E-state index in [1.807, 2.05) is 0 Å². The highest BCUT2D eigenvalue weighted by Gasteiger charge is 2.37. The molecule has 3 amide bonds. The normalized spacial score (nSPS) is 18.0. The van der Waals surface area contributed by atoms with E-state index in [1.54, 1.807) is 12.1 Å². The Balaban J connectivity index is 1.72. The van der Waals surface area contributed by atoms with Gasteiger partial charge in [-0.25, -0.2) is 4.79 Å². The van der Waals surface area contributed by atoms with Gasteiger partial charge in [0.05, 0.1) is 12.1 Å². The first kappa shape index (κ1) is 11.6. The van der Waals surface area contributed by atoms with Gasteiger partial charge < -0.3 is 9.64 Å². The average molecular weight is 261 g/mol. The molecule has 3 rings (SSSR count). The molecule has 1 aromatic rings. The number of hydrogen-bond donors (Lipinski definition) is 0. The minimum Gasteiger partial charge on any atom is -0.448 e. The predicted molar refractivity (Wildman–Crippen MR) is 62.5 cm³/mol. The van der Waals surface area contributed by atoms with Crippen LogP contribution in [0.1, 0.15) is 20.8 Å². The molecule has 0 aromatic carbocycles. The van der Waals surface area contributed by atoms with Crippen molar-refractivity contribution in [2.45, 2.75) is 0 Å². The number of cyclic esters (lactones) is 1. The Morgan fingerprint density at radius 2 is 2.05 bits per heavy atom. The molecule has 0 aliphatic carbocycles. The van der Waals surface area contributed by atoms with Crippen LogP contribution in [-0.4, -0.2) is 58.9 Å². The monoisotopic (exact) mass is 261 g/mol. The molecule has 1 aromatic heterocycles. The van der Waals surface area contributed by atoms with Crippen molar-refractivity contribution in [1.29, 1.82) is 0 Å². The third-order valence-electron chi connectivity index (χ3n) is 3.17.